The van der Waals surface area contributed by atoms with Gasteiger partial charge < -0.3 is 5.32 Å². The minimum absolute atomic E-state index is 0.111. The second kappa shape index (κ2) is 6.89. The summed E-state index contributed by atoms with van der Waals surface area (Å²) >= 11 is 3.38. The number of likely N-dealkylation sites (tertiary alicyclic amines) is 1. The number of aryl methyl sites for hydroxylation is 1. The highest BCUT2D eigenvalue weighted by Gasteiger charge is 2.46. The van der Waals surface area contributed by atoms with Crippen LogP contribution in [0.15, 0.2) is 34.8 Å². The zero-order valence-corrected chi connectivity index (χ0v) is 15.0. The highest BCUT2D eigenvalue weighted by molar-refractivity contribution is 9.10. The lowest BCUT2D eigenvalue weighted by Crippen LogP contribution is -2.34. The Morgan fingerprint density at radius 2 is 1.83 bits per heavy atom. The third kappa shape index (κ3) is 3.29. The topological polar surface area (TPSA) is 66.5 Å². The van der Waals surface area contributed by atoms with Crippen LogP contribution in [0.1, 0.15) is 24.8 Å². The minimum Gasteiger partial charge on any atom is -0.326 e. The van der Waals surface area contributed by atoms with E-state index in [4.69, 9.17) is 0 Å². The van der Waals surface area contributed by atoms with E-state index < -0.39 is 0 Å². The van der Waals surface area contributed by atoms with Gasteiger partial charge in [0.15, 0.2) is 0 Å². The summed E-state index contributed by atoms with van der Waals surface area (Å²) < 4.78 is 0.947. The van der Waals surface area contributed by atoms with Gasteiger partial charge in [-0.15, -0.1) is 0 Å². The molecule has 0 aromatic heterocycles. The van der Waals surface area contributed by atoms with Gasteiger partial charge in [-0.25, -0.2) is 0 Å². The number of amides is 3. The minimum atomic E-state index is -0.237. The Labute approximate surface area is 149 Å². The van der Waals surface area contributed by atoms with E-state index in [-0.39, 0.29) is 42.5 Å². The molecule has 0 unspecified atom stereocenters. The SMILES string of the molecule is Cc1cc(Br)ccc1NC(=O)CCN1C(=O)[C@H]2CC=CC[C@@H]2C1=O. The first-order chi connectivity index (χ1) is 11.5. The third-order valence-corrected chi connectivity index (χ3v) is 5.12. The molecule has 0 spiro atoms. The van der Waals surface area contributed by atoms with Gasteiger partial charge in [0, 0.05) is 23.1 Å². The summed E-state index contributed by atoms with van der Waals surface area (Å²) in [4.78, 5) is 38.1. The number of rotatable bonds is 4. The van der Waals surface area contributed by atoms with Gasteiger partial charge in [0.25, 0.3) is 0 Å². The molecule has 3 rings (SSSR count). The number of anilines is 1. The number of allylic oxidation sites excluding steroid dienone is 2. The van der Waals surface area contributed by atoms with Crippen molar-refractivity contribution in [2.45, 2.75) is 26.2 Å². The summed E-state index contributed by atoms with van der Waals surface area (Å²) in [6, 6.07) is 5.60. The number of halogens is 1. The Morgan fingerprint density at radius 1 is 1.21 bits per heavy atom. The maximum Gasteiger partial charge on any atom is 0.233 e. The second-order valence-electron chi connectivity index (χ2n) is 6.24. The molecule has 1 aliphatic carbocycles. The number of nitrogens with zero attached hydrogens (tertiary/aromatic N) is 1. The van der Waals surface area contributed by atoms with Crippen molar-refractivity contribution in [3.8, 4) is 0 Å². The van der Waals surface area contributed by atoms with Crippen LogP contribution >= 0.6 is 15.9 Å². The van der Waals surface area contributed by atoms with Gasteiger partial charge in [0.05, 0.1) is 11.8 Å². The van der Waals surface area contributed by atoms with Gasteiger partial charge in [0.1, 0.15) is 0 Å². The van der Waals surface area contributed by atoms with E-state index in [1.54, 1.807) is 0 Å². The summed E-state index contributed by atoms with van der Waals surface area (Å²) in [5.41, 5.74) is 1.68. The summed E-state index contributed by atoms with van der Waals surface area (Å²) in [6.45, 7) is 2.05. The van der Waals surface area contributed by atoms with Gasteiger partial charge in [-0.3, -0.25) is 19.3 Å². The first-order valence-electron chi connectivity index (χ1n) is 8.03. The number of carbonyl (C=O) groups excluding carboxylic acids is 3. The van der Waals surface area contributed by atoms with Crippen LogP contribution in [0.3, 0.4) is 0 Å². The zero-order chi connectivity index (χ0) is 17.3. The summed E-state index contributed by atoms with van der Waals surface area (Å²) in [5.74, 6) is -0.948. The van der Waals surface area contributed by atoms with Crippen molar-refractivity contribution in [2.75, 3.05) is 11.9 Å². The van der Waals surface area contributed by atoms with Crippen LogP contribution in [-0.4, -0.2) is 29.2 Å². The molecule has 2 aliphatic rings. The first kappa shape index (κ1) is 16.9. The lowest BCUT2D eigenvalue weighted by molar-refractivity contribution is -0.140. The molecule has 0 bridgehead atoms. The fourth-order valence-electron chi connectivity index (χ4n) is 3.28. The highest BCUT2D eigenvalue weighted by atomic mass is 79.9. The van der Waals surface area contributed by atoms with Crippen LogP contribution in [0.2, 0.25) is 0 Å². The molecule has 1 aliphatic heterocycles. The summed E-state index contributed by atoms with van der Waals surface area (Å²) in [6.07, 6.45) is 5.27. The first-order valence-corrected chi connectivity index (χ1v) is 8.83. The van der Waals surface area contributed by atoms with Gasteiger partial charge in [-0.05, 0) is 43.5 Å². The molecule has 1 fully saturated rings. The van der Waals surface area contributed by atoms with Crippen LogP contribution < -0.4 is 5.32 Å². The van der Waals surface area contributed by atoms with Gasteiger partial charge >= 0.3 is 0 Å². The standard InChI is InChI=1S/C18H19BrN2O3/c1-11-10-12(19)6-7-15(11)20-16(22)8-9-21-17(23)13-4-2-3-5-14(13)18(21)24/h2-3,6-7,10,13-14H,4-5,8-9H2,1H3,(H,20,22)/t13-,14-/m0/s1. The quantitative estimate of drug-likeness (QED) is 0.634. The van der Waals surface area contributed by atoms with E-state index in [1.807, 2.05) is 37.3 Å². The lowest BCUT2D eigenvalue weighted by Gasteiger charge is -2.15. The number of fused-ring (bicyclic) bond motifs is 1. The second-order valence-corrected chi connectivity index (χ2v) is 7.16. The average Bonchev–Trinajstić information content (AvgIpc) is 2.80. The van der Waals surface area contributed by atoms with Crippen LogP contribution in [0, 0.1) is 18.8 Å². The van der Waals surface area contributed by atoms with Crippen molar-refractivity contribution in [3.63, 3.8) is 0 Å². The molecular formula is C18H19BrN2O3. The molecule has 1 heterocycles. The maximum atomic E-state index is 12.3. The van der Waals surface area contributed by atoms with Gasteiger partial charge in [-0.1, -0.05) is 28.1 Å². The number of carbonyl (C=O) groups is 3. The van der Waals surface area contributed by atoms with Crippen LogP contribution in [-0.2, 0) is 14.4 Å². The van der Waals surface area contributed by atoms with Crippen molar-refractivity contribution >= 4 is 39.3 Å². The van der Waals surface area contributed by atoms with Gasteiger partial charge in [0.2, 0.25) is 17.7 Å². The largest absolute Gasteiger partial charge is 0.326 e. The molecule has 0 saturated carbocycles. The zero-order valence-electron chi connectivity index (χ0n) is 13.4. The molecule has 0 radical (unpaired) electrons. The van der Waals surface area contributed by atoms with E-state index in [0.717, 1.165) is 15.7 Å². The predicted molar refractivity (Wildman–Crippen MR) is 94.2 cm³/mol. The molecule has 24 heavy (non-hydrogen) atoms. The Kier molecular flexibility index (Phi) is 4.85. The fourth-order valence-corrected chi connectivity index (χ4v) is 3.76. The predicted octanol–water partition coefficient (Wildman–Crippen LogP) is 3.04. The highest BCUT2D eigenvalue weighted by Crippen LogP contribution is 2.35. The molecule has 5 nitrogen and oxygen atoms in total. The molecule has 1 aromatic rings. The number of hydrogen-bond donors (Lipinski definition) is 1. The molecule has 3 amide bonds. The van der Waals surface area contributed by atoms with Crippen molar-refractivity contribution in [3.05, 3.63) is 40.4 Å². The van der Waals surface area contributed by atoms with Crippen LogP contribution in [0.25, 0.3) is 0 Å². The molecule has 6 heteroatoms. The Hall–Kier alpha value is -1.95. The molecule has 2 atom stereocenters. The van der Waals surface area contributed by atoms with Crippen molar-refractivity contribution in [1.29, 1.82) is 0 Å². The number of imide groups is 1. The smallest absolute Gasteiger partial charge is 0.233 e. The van der Waals surface area contributed by atoms with E-state index in [9.17, 15) is 14.4 Å². The number of hydrogen-bond acceptors (Lipinski definition) is 3. The molecule has 1 N–H and O–H groups in total. The molecular weight excluding hydrogens is 372 g/mol. The van der Waals surface area contributed by atoms with Crippen molar-refractivity contribution in [2.24, 2.45) is 11.8 Å². The molecule has 126 valence electrons. The Bertz CT molecular complexity index is 703. The fraction of sp³-hybridized carbons (Fsp3) is 0.389. The van der Waals surface area contributed by atoms with E-state index in [1.165, 1.54) is 4.90 Å². The summed E-state index contributed by atoms with van der Waals surface area (Å²) in [7, 11) is 0. The molecule has 1 saturated heterocycles. The maximum absolute atomic E-state index is 12.3. The monoisotopic (exact) mass is 390 g/mol. The normalized spacial score (nSPS) is 22.7. The lowest BCUT2D eigenvalue weighted by atomic mass is 9.85. The number of nitrogens with one attached hydrogen (secondary N) is 1. The number of benzene rings is 1. The van der Waals surface area contributed by atoms with E-state index >= 15 is 0 Å². The molecule has 1 aromatic carbocycles. The van der Waals surface area contributed by atoms with Crippen molar-refractivity contribution < 1.29 is 14.4 Å². The van der Waals surface area contributed by atoms with E-state index in [2.05, 4.69) is 21.2 Å². The van der Waals surface area contributed by atoms with Crippen LogP contribution in [0.4, 0.5) is 5.69 Å². The van der Waals surface area contributed by atoms with E-state index in [0.29, 0.717) is 12.8 Å². The Balaban J connectivity index is 1.58. The van der Waals surface area contributed by atoms with Crippen molar-refractivity contribution in [1.82, 2.24) is 4.90 Å². The van der Waals surface area contributed by atoms with Gasteiger partial charge in [-0.2, -0.15) is 0 Å². The third-order valence-electron chi connectivity index (χ3n) is 4.62. The Morgan fingerprint density at radius 3 is 2.42 bits per heavy atom. The average molecular weight is 391 g/mol. The summed E-state index contributed by atoms with van der Waals surface area (Å²) in [5, 5.41) is 2.83. The van der Waals surface area contributed by atoms with Crippen LogP contribution in [0.5, 0.6) is 0 Å².